The lowest BCUT2D eigenvalue weighted by atomic mass is 10.2. The van der Waals surface area contributed by atoms with Gasteiger partial charge in [-0.3, -0.25) is 0 Å². The molecule has 25 heavy (non-hydrogen) atoms. The monoisotopic (exact) mass is 373 g/mol. The second-order valence-corrected chi connectivity index (χ2v) is 8.05. The van der Waals surface area contributed by atoms with Crippen LogP contribution < -0.4 is 5.32 Å². The molecule has 9 heteroatoms. The molecule has 0 unspecified atom stereocenters. The highest BCUT2D eigenvalue weighted by atomic mass is 32.2. The van der Waals surface area contributed by atoms with Crippen molar-refractivity contribution in [2.24, 2.45) is 0 Å². The fourth-order valence-corrected chi connectivity index (χ4v) is 3.20. The Balaban J connectivity index is 2.77. The minimum absolute atomic E-state index is 0.267. The Labute approximate surface area is 145 Å². The molecule has 1 amide bonds. The first-order valence-electron chi connectivity index (χ1n) is 7.29. The molecule has 0 spiro atoms. The van der Waals surface area contributed by atoms with Gasteiger partial charge in [0.2, 0.25) is 0 Å². The quantitative estimate of drug-likeness (QED) is 0.793. The molecule has 1 aromatic rings. The maximum absolute atomic E-state index is 13.8. The van der Waals surface area contributed by atoms with Gasteiger partial charge in [0.25, 0.3) is 0 Å². The van der Waals surface area contributed by atoms with E-state index in [9.17, 15) is 22.4 Å². The molecule has 1 rings (SSSR count). The van der Waals surface area contributed by atoms with Crippen LogP contribution in [0.4, 0.5) is 9.18 Å². The molecule has 0 heterocycles. The highest BCUT2D eigenvalue weighted by molar-refractivity contribution is 7.91. The van der Waals surface area contributed by atoms with Crippen LogP contribution in [0.1, 0.15) is 31.1 Å². The predicted octanol–water partition coefficient (Wildman–Crippen LogP) is 2.54. The largest absolute Gasteiger partial charge is 0.478 e. The van der Waals surface area contributed by atoms with Crippen molar-refractivity contribution in [3.05, 3.63) is 41.7 Å². The van der Waals surface area contributed by atoms with Gasteiger partial charge in [0, 0.05) is 6.54 Å². The standard InChI is InChI=1S/C16H20FNO6S/c1-16(2,3)24-15(21)18-9-8-11(17)10-25(22,23)13-7-5-4-6-12(13)14(19)20/h4-8H,9-10H2,1-3H3,(H,18,21)(H,19,20). The number of benzene rings is 1. The average molecular weight is 373 g/mol. The zero-order valence-corrected chi connectivity index (χ0v) is 14.9. The van der Waals surface area contributed by atoms with Crippen LogP contribution in [-0.2, 0) is 14.6 Å². The maximum Gasteiger partial charge on any atom is 0.407 e. The number of carbonyl (C=O) groups is 2. The fraction of sp³-hybridized carbons (Fsp3) is 0.375. The van der Waals surface area contributed by atoms with E-state index < -0.39 is 49.5 Å². The number of hydrogen-bond acceptors (Lipinski definition) is 5. The average Bonchev–Trinajstić information content (AvgIpc) is 2.44. The Morgan fingerprint density at radius 2 is 1.88 bits per heavy atom. The van der Waals surface area contributed by atoms with E-state index in [0.717, 1.165) is 18.2 Å². The Morgan fingerprint density at radius 1 is 1.28 bits per heavy atom. The second-order valence-electron chi connectivity index (χ2n) is 6.09. The van der Waals surface area contributed by atoms with Crippen LogP contribution in [0.2, 0.25) is 0 Å². The van der Waals surface area contributed by atoms with Crippen LogP contribution in [0.3, 0.4) is 0 Å². The normalized spacial score (nSPS) is 12.6. The van der Waals surface area contributed by atoms with E-state index in [2.05, 4.69) is 5.32 Å². The van der Waals surface area contributed by atoms with E-state index in [1.54, 1.807) is 20.8 Å². The summed E-state index contributed by atoms with van der Waals surface area (Å²) in [4.78, 5) is 22.0. The highest BCUT2D eigenvalue weighted by Crippen LogP contribution is 2.19. The van der Waals surface area contributed by atoms with Crippen molar-refractivity contribution in [1.82, 2.24) is 5.32 Å². The van der Waals surface area contributed by atoms with Gasteiger partial charge >= 0.3 is 12.1 Å². The summed E-state index contributed by atoms with van der Waals surface area (Å²) in [5, 5.41) is 11.3. The van der Waals surface area contributed by atoms with Crippen molar-refractivity contribution in [3.8, 4) is 0 Å². The number of aromatic carboxylic acids is 1. The van der Waals surface area contributed by atoms with Gasteiger partial charge in [0.15, 0.2) is 9.84 Å². The van der Waals surface area contributed by atoms with Crippen molar-refractivity contribution in [2.75, 3.05) is 12.3 Å². The van der Waals surface area contributed by atoms with Gasteiger partial charge in [-0.2, -0.15) is 0 Å². The highest BCUT2D eigenvalue weighted by Gasteiger charge is 2.23. The molecule has 0 saturated heterocycles. The van der Waals surface area contributed by atoms with Crippen LogP contribution in [0, 0.1) is 0 Å². The number of halogens is 1. The molecule has 1 aromatic carbocycles. The number of rotatable bonds is 6. The van der Waals surface area contributed by atoms with E-state index in [1.165, 1.54) is 12.1 Å². The first-order chi connectivity index (χ1) is 11.4. The molecule has 0 aliphatic carbocycles. The van der Waals surface area contributed by atoms with Gasteiger partial charge in [-0.15, -0.1) is 0 Å². The third kappa shape index (κ3) is 6.92. The molecule has 0 aliphatic rings. The predicted molar refractivity (Wildman–Crippen MR) is 88.9 cm³/mol. The van der Waals surface area contributed by atoms with Gasteiger partial charge < -0.3 is 15.2 Å². The number of ether oxygens (including phenoxy) is 1. The van der Waals surface area contributed by atoms with E-state index in [1.807, 2.05) is 0 Å². The molecule has 0 atom stereocenters. The number of hydrogen-bond donors (Lipinski definition) is 2. The fourth-order valence-electron chi connectivity index (χ4n) is 1.79. The van der Waals surface area contributed by atoms with Crippen LogP contribution in [0.15, 0.2) is 41.1 Å². The zero-order chi connectivity index (χ0) is 19.3. The molecule has 0 aliphatic heterocycles. The Kier molecular flexibility index (Phi) is 6.69. The van der Waals surface area contributed by atoms with Crippen LogP contribution in [0.25, 0.3) is 0 Å². The SMILES string of the molecule is CC(C)(C)OC(=O)NCC=C(F)CS(=O)(=O)c1ccccc1C(=O)O. The third-order valence-corrected chi connectivity index (χ3v) is 4.43. The molecule has 7 nitrogen and oxygen atoms in total. The summed E-state index contributed by atoms with van der Waals surface area (Å²) < 4.78 is 43.2. The summed E-state index contributed by atoms with van der Waals surface area (Å²) >= 11 is 0. The van der Waals surface area contributed by atoms with E-state index in [-0.39, 0.29) is 6.54 Å². The molecular formula is C16H20FNO6S. The summed E-state index contributed by atoms with van der Waals surface area (Å²) in [7, 11) is -4.18. The van der Waals surface area contributed by atoms with E-state index in [4.69, 9.17) is 9.84 Å². The number of carbonyl (C=O) groups excluding carboxylic acids is 1. The van der Waals surface area contributed by atoms with Gasteiger partial charge in [0.05, 0.1) is 10.5 Å². The molecule has 2 N–H and O–H groups in total. The van der Waals surface area contributed by atoms with Crippen molar-refractivity contribution in [3.63, 3.8) is 0 Å². The van der Waals surface area contributed by atoms with Crippen LogP contribution in [0.5, 0.6) is 0 Å². The van der Waals surface area contributed by atoms with Gasteiger partial charge in [0.1, 0.15) is 17.2 Å². The number of sulfone groups is 1. The molecule has 138 valence electrons. The minimum Gasteiger partial charge on any atom is -0.478 e. The minimum atomic E-state index is -4.18. The van der Waals surface area contributed by atoms with Crippen molar-refractivity contribution >= 4 is 21.9 Å². The number of alkyl carbamates (subject to hydrolysis) is 1. The van der Waals surface area contributed by atoms with E-state index >= 15 is 0 Å². The smallest absolute Gasteiger partial charge is 0.407 e. The molecule has 0 aromatic heterocycles. The van der Waals surface area contributed by atoms with Crippen molar-refractivity contribution in [2.45, 2.75) is 31.3 Å². The summed E-state index contributed by atoms with van der Waals surface area (Å²) in [6.45, 7) is 4.72. The number of carboxylic acid groups (broad SMARTS) is 1. The third-order valence-electron chi connectivity index (χ3n) is 2.75. The summed E-state index contributed by atoms with van der Waals surface area (Å²) in [5.74, 6) is -3.45. The summed E-state index contributed by atoms with van der Waals surface area (Å²) in [6.07, 6.45) is 0.112. The number of nitrogens with one attached hydrogen (secondary N) is 1. The lowest BCUT2D eigenvalue weighted by Gasteiger charge is -2.19. The molecule has 0 radical (unpaired) electrons. The second kappa shape index (κ2) is 8.11. The number of carboxylic acids is 1. The van der Waals surface area contributed by atoms with E-state index in [0.29, 0.717) is 0 Å². The summed E-state index contributed by atoms with van der Waals surface area (Å²) in [6, 6.07) is 4.95. The Bertz CT molecular complexity index is 780. The lowest BCUT2D eigenvalue weighted by Crippen LogP contribution is -2.32. The first kappa shape index (κ1) is 20.6. The van der Waals surface area contributed by atoms with Gasteiger partial charge in [-0.05, 0) is 39.0 Å². The Morgan fingerprint density at radius 3 is 2.44 bits per heavy atom. The van der Waals surface area contributed by atoms with Crippen molar-refractivity contribution < 1.29 is 32.2 Å². The number of amides is 1. The topological polar surface area (TPSA) is 110 Å². The maximum atomic E-state index is 13.8. The Hall–Kier alpha value is -2.42. The molecule has 0 fully saturated rings. The molecular weight excluding hydrogens is 353 g/mol. The van der Waals surface area contributed by atoms with Crippen LogP contribution >= 0.6 is 0 Å². The van der Waals surface area contributed by atoms with Crippen molar-refractivity contribution in [1.29, 1.82) is 0 Å². The van der Waals surface area contributed by atoms with Crippen LogP contribution in [-0.4, -0.2) is 43.5 Å². The van der Waals surface area contributed by atoms with Gasteiger partial charge in [-0.1, -0.05) is 12.1 Å². The lowest BCUT2D eigenvalue weighted by molar-refractivity contribution is 0.0533. The molecule has 0 saturated carbocycles. The summed E-state index contributed by atoms with van der Waals surface area (Å²) in [5.41, 5.74) is -1.14. The zero-order valence-electron chi connectivity index (χ0n) is 14.1. The van der Waals surface area contributed by atoms with Gasteiger partial charge in [-0.25, -0.2) is 22.4 Å². The first-order valence-corrected chi connectivity index (χ1v) is 8.94. The molecule has 0 bridgehead atoms.